The monoisotopic (exact) mass is 568 g/mol. The molecule has 218 valence electrons. The van der Waals surface area contributed by atoms with E-state index >= 15 is 0 Å². The summed E-state index contributed by atoms with van der Waals surface area (Å²) in [5.74, 6) is -1.68. The van der Waals surface area contributed by atoms with Gasteiger partial charge in [0.1, 0.15) is 11.5 Å². The Morgan fingerprint density at radius 2 is 1.85 bits per heavy atom. The maximum Gasteiger partial charge on any atom is 0.318 e. The van der Waals surface area contributed by atoms with Crippen molar-refractivity contribution in [1.29, 1.82) is 5.41 Å². The van der Waals surface area contributed by atoms with E-state index in [1.54, 1.807) is 13.8 Å². The van der Waals surface area contributed by atoms with E-state index in [0.29, 0.717) is 12.2 Å². The molecule has 0 saturated carbocycles. The molecule has 1 aliphatic rings. The maximum atomic E-state index is 13.6. The summed E-state index contributed by atoms with van der Waals surface area (Å²) in [4.78, 5) is 45.0. The van der Waals surface area contributed by atoms with Crippen molar-refractivity contribution in [2.24, 2.45) is 0 Å². The number of nitrogens with zero attached hydrogens (tertiary/aromatic N) is 3. The van der Waals surface area contributed by atoms with Crippen LogP contribution in [-0.2, 0) is 4.79 Å². The number of pyridine rings is 1. The number of aromatic nitrogens is 1. The van der Waals surface area contributed by atoms with Crippen LogP contribution in [0.2, 0.25) is 0 Å². The first kappa shape index (κ1) is 30.9. The average molecular weight is 569 g/mol. The van der Waals surface area contributed by atoms with Crippen LogP contribution in [0.5, 0.6) is 0 Å². The zero-order chi connectivity index (χ0) is 30.3. The Kier molecular flexibility index (Phi) is 9.90. The van der Waals surface area contributed by atoms with Gasteiger partial charge in [-0.3, -0.25) is 15.0 Å². The molecule has 2 heterocycles. The maximum absolute atomic E-state index is 13.6. The molecule has 0 bridgehead atoms. The summed E-state index contributed by atoms with van der Waals surface area (Å²) in [7, 11) is 3.74. The molecule has 41 heavy (non-hydrogen) atoms. The zero-order valence-electron chi connectivity index (χ0n) is 23.3. The van der Waals surface area contributed by atoms with Gasteiger partial charge in [0.15, 0.2) is 0 Å². The molecular weight excluding hydrogens is 534 g/mol. The van der Waals surface area contributed by atoms with Crippen LogP contribution in [0.1, 0.15) is 35.9 Å². The molecule has 11 nitrogen and oxygen atoms in total. The Balaban J connectivity index is 1.81. The van der Waals surface area contributed by atoms with Gasteiger partial charge in [0.25, 0.3) is 5.91 Å². The Morgan fingerprint density at radius 1 is 1.17 bits per heavy atom. The van der Waals surface area contributed by atoms with E-state index in [2.05, 4.69) is 32.8 Å². The molecule has 1 aliphatic heterocycles. The normalized spacial score (nSPS) is 15.0. The van der Waals surface area contributed by atoms with Crippen molar-refractivity contribution in [3.63, 3.8) is 0 Å². The number of carbonyl (C=O) groups is 3. The number of hydrogen-bond donors (Lipinski definition) is 5. The predicted molar refractivity (Wildman–Crippen MR) is 151 cm³/mol. The molecule has 0 fully saturated rings. The second-order valence-electron chi connectivity index (χ2n) is 10.1. The lowest BCUT2D eigenvalue weighted by Gasteiger charge is -2.36. The number of halogens is 2. The largest absolute Gasteiger partial charge is 0.331 e. The van der Waals surface area contributed by atoms with Crippen LogP contribution in [0.4, 0.5) is 19.3 Å². The number of hydrogen-bond acceptors (Lipinski definition) is 7. The van der Waals surface area contributed by atoms with Gasteiger partial charge >= 0.3 is 12.6 Å². The third-order valence-corrected chi connectivity index (χ3v) is 6.44. The first-order valence-corrected chi connectivity index (χ1v) is 12.7. The molecule has 0 saturated heterocycles. The Morgan fingerprint density at radius 3 is 2.41 bits per heavy atom. The number of likely N-dealkylation sites (N-methyl/N-ethyl adjacent to an activating group) is 1. The molecular formula is C28H34F2N8O3. The minimum atomic E-state index is -2.98. The fraction of sp³-hybridized carbons (Fsp3) is 0.321. The summed E-state index contributed by atoms with van der Waals surface area (Å²) >= 11 is 0. The number of anilines is 1. The first-order valence-electron chi connectivity index (χ1n) is 12.7. The smallest absolute Gasteiger partial charge is 0.318 e. The van der Waals surface area contributed by atoms with E-state index in [1.807, 2.05) is 49.3 Å². The second-order valence-corrected chi connectivity index (χ2v) is 10.1. The molecule has 13 heteroatoms. The first-order chi connectivity index (χ1) is 19.3. The van der Waals surface area contributed by atoms with E-state index in [0.717, 1.165) is 11.6 Å². The van der Waals surface area contributed by atoms with Crippen LogP contribution in [-0.4, -0.2) is 77.7 Å². The van der Waals surface area contributed by atoms with Crippen molar-refractivity contribution >= 4 is 29.4 Å². The molecule has 3 rings (SSSR count). The van der Waals surface area contributed by atoms with Crippen LogP contribution >= 0.6 is 0 Å². The van der Waals surface area contributed by atoms with Gasteiger partial charge in [0.2, 0.25) is 5.91 Å². The number of urea groups is 1. The summed E-state index contributed by atoms with van der Waals surface area (Å²) in [5, 5.41) is 18.5. The standard InChI is InChI=1S/C28H34F2N8O3/c1-6-22(39)33-18-12-13-20(32-14-18)25(40)36-24(31)19-15-38(28(2,3)23(19)35-26(29)30)27(41)34-21(16-37(4)5)17-10-8-7-9-11-17/h6-14,21,26,35H,1,15-16H2,2-5H3,(H,33,39)(H,34,41)(H2,31,36,40)/t21-/m1/s1. The molecule has 2 aromatic rings. The SMILES string of the molecule is C=CC(=O)Nc1ccc(C(=O)NC(=N)C2=C(NC(F)F)C(C)(C)N(C(=O)N[C@H](CN(C)C)c3ccccc3)C2)nc1. The summed E-state index contributed by atoms with van der Waals surface area (Å²) in [6, 6.07) is 11.2. The van der Waals surface area contributed by atoms with Crippen molar-refractivity contribution in [2.75, 3.05) is 32.5 Å². The Labute approximate surface area is 237 Å². The summed E-state index contributed by atoms with van der Waals surface area (Å²) in [6.45, 7) is 3.82. The molecule has 1 aromatic carbocycles. The van der Waals surface area contributed by atoms with E-state index in [1.165, 1.54) is 23.2 Å². The van der Waals surface area contributed by atoms with Crippen molar-refractivity contribution in [3.8, 4) is 0 Å². The lowest BCUT2D eigenvalue weighted by molar-refractivity contribution is -0.111. The van der Waals surface area contributed by atoms with Gasteiger partial charge < -0.3 is 31.1 Å². The second kappa shape index (κ2) is 13.1. The van der Waals surface area contributed by atoms with Crippen molar-refractivity contribution in [2.45, 2.75) is 32.0 Å². The lowest BCUT2D eigenvalue weighted by atomic mass is 9.99. The Bertz CT molecular complexity index is 1330. The number of rotatable bonds is 10. The van der Waals surface area contributed by atoms with Gasteiger partial charge in [0.05, 0.1) is 30.0 Å². The molecule has 0 spiro atoms. The van der Waals surface area contributed by atoms with Gasteiger partial charge in [-0.1, -0.05) is 36.9 Å². The van der Waals surface area contributed by atoms with E-state index in [4.69, 9.17) is 5.41 Å². The average Bonchev–Trinajstić information content (AvgIpc) is 3.18. The number of amidine groups is 1. The molecule has 1 aromatic heterocycles. The third-order valence-electron chi connectivity index (χ3n) is 6.44. The fourth-order valence-electron chi connectivity index (χ4n) is 4.40. The van der Waals surface area contributed by atoms with Gasteiger partial charge in [-0.05, 0) is 51.7 Å². The van der Waals surface area contributed by atoms with Crippen LogP contribution in [0.15, 0.2) is 72.6 Å². The van der Waals surface area contributed by atoms with Crippen molar-refractivity contribution in [3.05, 3.63) is 83.8 Å². The molecule has 1 atom stereocenters. The molecule has 0 radical (unpaired) electrons. The van der Waals surface area contributed by atoms with Crippen LogP contribution in [0.3, 0.4) is 0 Å². The molecule has 0 unspecified atom stereocenters. The molecule has 0 aliphatic carbocycles. The third kappa shape index (κ3) is 7.72. The minimum absolute atomic E-state index is 0.0255. The van der Waals surface area contributed by atoms with Crippen LogP contribution < -0.4 is 21.3 Å². The lowest BCUT2D eigenvalue weighted by Crippen LogP contribution is -2.53. The topological polar surface area (TPSA) is 143 Å². The van der Waals surface area contributed by atoms with Crippen LogP contribution in [0, 0.1) is 5.41 Å². The minimum Gasteiger partial charge on any atom is -0.331 e. The highest BCUT2D eigenvalue weighted by Crippen LogP contribution is 2.34. The summed E-state index contributed by atoms with van der Waals surface area (Å²) in [6.07, 6.45) is 2.34. The summed E-state index contributed by atoms with van der Waals surface area (Å²) in [5.41, 5.74) is -0.181. The van der Waals surface area contributed by atoms with Gasteiger partial charge in [-0.25, -0.2) is 9.78 Å². The highest BCUT2D eigenvalue weighted by atomic mass is 19.3. The molecule has 5 N–H and O–H groups in total. The highest BCUT2D eigenvalue weighted by molar-refractivity contribution is 6.12. The van der Waals surface area contributed by atoms with Gasteiger partial charge in [0, 0.05) is 17.8 Å². The van der Waals surface area contributed by atoms with Gasteiger partial charge in [-0.15, -0.1) is 0 Å². The van der Waals surface area contributed by atoms with E-state index < -0.39 is 41.8 Å². The number of amides is 4. The van der Waals surface area contributed by atoms with Crippen molar-refractivity contribution < 1.29 is 23.2 Å². The highest BCUT2D eigenvalue weighted by Gasteiger charge is 2.45. The molecule has 4 amide bonds. The number of alkyl halides is 2. The predicted octanol–water partition coefficient (Wildman–Crippen LogP) is 3.09. The summed E-state index contributed by atoms with van der Waals surface area (Å²) < 4.78 is 27.2. The zero-order valence-corrected chi connectivity index (χ0v) is 23.3. The Hall–Kier alpha value is -4.65. The van der Waals surface area contributed by atoms with E-state index in [9.17, 15) is 23.2 Å². The number of nitrogens with one attached hydrogen (secondary N) is 5. The quantitative estimate of drug-likeness (QED) is 0.129. The van der Waals surface area contributed by atoms with Crippen molar-refractivity contribution in [1.82, 2.24) is 30.7 Å². The number of benzene rings is 1. The fourth-order valence-corrected chi connectivity index (χ4v) is 4.40. The van der Waals surface area contributed by atoms with Gasteiger partial charge in [-0.2, -0.15) is 8.78 Å². The van der Waals surface area contributed by atoms with Crippen LogP contribution in [0.25, 0.3) is 0 Å². The van der Waals surface area contributed by atoms with E-state index in [-0.39, 0.29) is 23.5 Å². The number of carbonyl (C=O) groups excluding carboxylic acids is 3.